The summed E-state index contributed by atoms with van der Waals surface area (Å²) in [4.78, 5) is 10.8. The smallest absolute Gasteiger partial charge is 0.123 e. The summed E-state index contributed by atoms with van der Waals surface area (Å²) in [6.07, 6.45) is 10.1. The highest BCUT2D eigenvalue weighted by atomic mass is 16.1. The average molecular weight is 168 g/mol. The van der Waals surface area contributed by atoms with E-state index in [0.29, 0.717) is 5.92 Å². The minimum Gasteiger partial charge on any atom is -0.303 e. The summed E-state index contributed by atoms with van der Waals surface area (Å²) in [5.74, 6) is 1.11. The first kappa shape index (κ1) is 9.76. The van der Waals surface area contributed by atoms with Crippen molar-refractivity contribution in [2.45, 2.75) is 51.9 Å². The molecule has 0 aromatic heterocycles. The maximum Gasteiger partial charge on any atom is 0.123 e. The zero-order valence-corrected chi connectivity index (χ0v) is 8.09. The van der Waals surface area contributed by atoms with E-state index in [0.717, 1.165) is 12.3 Å². The molecule has 1 nitrogen and oxygen atoms in total. The monoisotopic (exact) mass is 168 g/mol. The van der Waals surface area contributed by atoms with Crippen LogP contribution >= 0.6 is 0 Å². The maximum absolute atomic E-state index is 10.8. The van der Waals surface area contributed by atoms with E-state index >= 15 is 0 Å². The molecule has 1 rings (SSSR count). The fraction of sp³-hybridized carbons (Fsp3) is 0.909. The number of hydrogen-bond donors (Lipinski definition) is 0. The molecule has 0 saturated heterocycles. The number of unbranched alkanes of at least 4 members (excludes halogenated alkanes) is 1. The topological polar surface area (TPSA) is 17.1 Å². The summed E-state index contributed by atoms with van der Waals surface area (Å²) in [5.41, 5.74) is 0. The molecule has 1 aliphatic carbocycles. The van der Waals surface area contributed by atoms with Crippen molar-refractivity contribution in [3.05, 3.63) is 0 Å². The molecular formula is C11H20O. The summed E-state index contributed by atoms with van der Waals surface area (Å²) in [6, 6.07) is 0. The Hall–Kier alpha value is -0.330. The molecule has 0 spiro atoms. The van der Waals surface area contributed by atoms with E-state index in [9.17, 15) is 4.79 Å². The highest BCUT2D eigenvalue weighted by Crippen LogP contribution is 2.32. The van der Waals surface area contributed by atoms with Gasteiger partial charge < -0.3 is 4.79 Å². The van der Waals surface area contributed by atoms with E-state index in [1.54, 1.807) is 0 Å². The number of carbonyl (C=O) groups is 1. The minimum atomic E-state index is 0.382. The third kappa shape index (κ3) is 2.62. The van der Waals surface area contributed by atoms with Crippen molar-refractivity contribution in [1.29, 1.82) is 0 Å². The van der Waals surface area contributed by atoms with Crippen LogP contribution in [0.5, 0.6) is 0 Å². The van der Waals surface area contributed by atoms with Gasteiger partial charge in [0.1, 0.15) is 6.29 Å². The lowest BCUT2D eigenvalue weighted by Crippen LogP contribution is -2.12. The quantitative estimate of drug-likeness (QED) is 0.576. The second-order valence-electron chi connectivity index (χ2n) is 3.99. The molecule has 70 valence electrons. The van der Waals surface area contributed by atoms with Crippen LogP contribution in [0.3, 0.4) is 0 Å². The van der Waals surface area contributed by atoms with Crippen LogP contribution in [-0.4, -0.2) is 6.29 Å². The Labute approximate surface area is 75.5 Å². The molecule has 0 amide bonds. The number of carbonyl (C=O) groups excluding carboxylic acids is 1. The van der Waals surface area contributed by atoms with Gasteiger partial charge in [-0.3, -0.25) is 0 Å². The van der Waals surface area contributed by atoms with Gasteiger partial charge in [0.2, 0.25) is 0 Å². The molecule has 1 heteroatoms. The Morgan fingerprint density at radius 2 is 2.08 bits per heavy atom. The summed E-state index contributed by atoms with van der Waals surface area (Å²) >= 11 is 0. The maximum atomic E-state index is 10.8. The summed E-state index contributed by atoms with van der Waals surface area (Å²) in [7, 11) is 0. The Balaban J connectivity index is 2.27. The molecule has 0 aromatic carbocycles. The Morgan fingerprint density at radius 1 is 1.42 bits per heavy atom. The highest BCUT2D eigenvalue weighted by Gasteiger charge is 2.23. The molecule has 0 N–H and O–H groups in total. The molecular weight excluding hydrogens is 148 g/mol. The zero-order valence-electron chi connectivity index (χ0n) is 8.09. The van der Waals surface area contributed by atoms with Crippen molar-refractivity contribution in [1.82, 2.24) is 0 Å². The normalized spacial score (nSPS) is 21.1. The number of rotatable bonds is 5. The van der Waals surface area contributed by atoms with Gasteiger partial charge in [-0.2, -0.15) is 0 Å². The van der Waals surface area contributed by atoms with Crippen LogP contribution in [0.1, 0.15) is 51.9 Å². The molecule has 1 fully saturated rings. The first-order valence-electron chi connectivity index (χ1n) is 5.33. The predicted octanol–water partition coefficient (Wildman–Crippen LogP) is 3.18. The lowest BCUT2D eigenvalue weighted by molar-refractivity contribution is -0.112. The van der Waals surface area contributed by atoms with Crippen LogP contribution in [0.25, 0.3) is 0 Å². The number of hydrogen-bond acceptors (Lipinski definition) is 1. The highest BCUT2D eigenvalue weighted by molar-refractivity contribution is 5.54. The minimum absolute atomic E-state index is 0.382. The SMILES string of the molecule is CCCCC(C=O)C1CCCC1. The third-order valence-corrected chi connectivity index (χ3v) is 3.07. The Morgan fingerprint density at radius 3 is 2.58 bits per heavy atom. The van der Waals surface area contributed by atoms with E-state index in [-0.39, 0.29) is 0 Å². The Bertz CT molecular complexity index is 125. The second-order valence-corrected chi connectivity index (χ2v) is 3.99. The molecule has 1 atom stereocenters. The van der Waals surface area contributed by atoms with Gasteiger partial charge in [0, 0.05) is 5.92 Å². The van der Waals surface area contributed by atoms with Crippen LogP contribution in [0, 0.1) is 11.8 Å². The first-order valence-corrected chi connectivity index (χ1v) is 5.33. The van der Waals surface area contributed by atoms with E-state index in [2.05, 4.69) is 6.92 Å². The van der Waals surface area contributed by atoms with Gasteiger partial charge in [0.25, 0.3) is 0 Å². The second kappa shape index (κ2) is 5.34. The standard InChI is InChI=1S/C11H20O/c1-2-3-6-11(9-12)10-7-4-5-8-10/h9-11H,2-8H2,1H3. The summed E-state index contributed by atoms with van der Waals surface area (Å²) in [6.45, 7) is 2.19. The van der Waals surface area contributed by atoms with E-state index < -0.39 is 0 Å². The van der Waals surface area contributed by atoms with Crippen molar-refractivity contribution in [2.24, 2.45) is 11.8 Å². The van der Waals surface area contributed by atoms with Crippen molar-refractivity contribution < 1.29 is 4.79 Å². The largest absolute Gasteiger partial charge is 0.303 e. The van der Waals surface area contributed by atoms with Crippen LogP contribution in [-0.2, 0) is 4.79 Å². The van der Waals surface area contributed by atoms with Crippen LogP contribution in [0.4, 0.5) is 0 Å². The van der Waals surface area contributed by atoms with Crippen LogP contribution in [0.15, 0.2) is 0 Å². The fourth-order valence-corrected chi connectivity index (χ4v) is 2.24. The third-order valence-electron chi connectivity index (χ3n) is 3.07. The lowest BCUT2D eigenvalue weighted by atomic mass is 9.88. The van der Waals surface area contributed by atoms with Gasteiger partial charge >= 0.3 is 0 Å². The van der Waals surface area contributed by atoms with Crippen LogP contribution in [0.2, 0.25) is 0 Å². The molecule has 0 heterocycles. The average Bonchev–Trinajstić information content (AvgIpc) is 2.59. The Kier molecular flexibility index (Phi) is 4.34. The summed E-state index contributed by atoms with van der Waals surface area (Å²) < 4.78 is 0. The van der Waals surface area contributed by atoms with Gasteiger partial charge in [-0.05, 0) is 25.2 Å². The molecule has 0 radical (unpaired) electrons. The molecule has 1 unspecified atom stereocenters. The lowest BCUT2D eigenvalue weighted by Gasteiger charge is -2.16. The molecule has 0 aliphatic heterocycles. The van der Waals surface area contributed by atoms with Gasteiger partial charge in [0.15, 0.2) is 0 Å². The summed E-state index contributed by atoms with van der Waals surface area (Å²) in [5, 5.41) is 0. The van der Waals surface area contributed by atoms with E-state index in [1.807, 2.05) is 0 Å². The van der Waals surface area contributed by atoms with Crippen molar-refractivity contribution in [2.75, 3.05) is 0 Å². The van der Waals surface area contributed by atoms with Gasteiger partial charge in [-0.15, -0.1) is 0 Å². The van der Waals surface area contributed by atoms with Crippen LogP contribution < -0.4 is 0 Å². The number of aldehydes is 1. The van der Waals surface area contributed by atoms with Gasteiger partial charge in [-0.25, -0.2) is 0 Å². The molecule has 12 heavy (non-hydrogen) atoms. The molecule has 1 saturated carbocycles. The fourth-order valence-electron chi connectivity index (χ4n) is 2.24. The van der Waals surface area contributed by atoms with Gasteiger partial charge in [-0.1, -0.05) is 32.6 Å². The van der Waals surface area contributed by atoms with E-state index in [1.165, 1.54) is 44.8 Å². The van der Waals surface area contributed by atoms with Gasteiger partial charge in [0.05, 0.1) is 0 Å². The molecule has 1 aliphatic rings. The van der Waals surface area contributed by atoms with Crippen molar-refractivity contribution >= 4 is 6.29 Å². The zero-order chi connectivity index (χ0) is 8.81. The van der Waals surface area contributed by atoms with E-state index in [4.69, 9.17) is 0 Å². The predicted molar refractivity (Wildman–Crippen MR) is 51.0 cm³/mol. The first-order chi connectivity index (χ1) is 5.88. The molecule has 0 bridgehead atoms. The molecule has 0 aromatic rings. The van der Waals surface area contributed by atoms with Crippen molar-refractivity contribution in [3.8, 4) is 0 Å². The van der Waals surface area contributed by atoms with Crippen molar-refractivity contribution in [3.63, 3.8) is 0 Å².